The van der Waals surface area contributed by atoms with Gasteiger partial charge < -0.3 is 28.8 Å². The minimum absolute atomic E-state index is 0.0121. The quantitative estimate of drug-likeness (QED) is 0.771. The Balaban J connectivity index is 2.46. The highest BCUT2D eigenvalue weighted by molar-refractivity contribution is 6.09. The number of fused-ring (bicyclic) bond motifs is 3. The zero-order chi connectivity index (χ0) is 15.1. The molecule has 0 aliphatic carbocycles. The molecule has 0 atom stereocenters. The van der Waals surface area contributed by atoms with Gasteiger partial charge in [-0.3, -0.25) is 0 Å². The Hall–Kier alpha value is -2.76. The molecule has 0 saturated heterocycles. The van der Waals surface area contributed by atoms with E-state index in [1.807, 2.05) is 0 Å². The van der Waals surface area contributed by atoms with E-state index in [2.05, 4.69) is 0 Å². The van der Waals surface area contributed by atoms with E-state index in [1.54, 1.807) is 6.07 Å². The van der Waals surface area contributed by atoms with Crippen LogP contribution in [0.5, 0.6) is 28.7 Å². The van der Waals surface area contributed by atoms with E-state index in [-0.39, 0.29) is 17.2 Å². The Morgan fingerprint density at radius 1 is 0.810 bits per heavy atom. The van der Waals surface area contributed by atoms with Crippen LogP contribution in [0, 0.1) is 0 Å². The van der Waals surface area contributed by atoms with Crippen molar-refractivity contribution in [1.82, 2.24) is 0 Å². The summed E-state index contributed by atoms with van der Waals surface area (Å²) >= 11 is 0. The van der Waals surface area contributed by atoms with Crippen molar-refractivity contribution in [2.75, 3.05) is 21.3 Å². The van der Waals surface area contributed by atoms with Crippen LogP contribution in [0.25, 0.3) is 21.9 Å². The number of rotatable bonds is 3. The van der Waals surface area contributed by atoms with E-state index in [0.717, 1.165) is 0 Å². The third kappa shape index (κ3) is 1.79. The van der Waals surface area contributed by atoms with Crippen LogP contribution in [0.4, 0.5) is 0 Å². The van der Waals surface area contributed by atoms with Crippen LogP contribution < -0.4 is 14.2 Å². The van der Waals surface area contributed by atoms with Gasteiger partial charge in [0.1, 0.15) is 5.58 Å². The normalized spacial score (nSPS) is 11.0. The molecule has 3 aromatic rings. The van der Waals surface area contributed by atoms with Gasteiger partial charge in [-0.05, 0) is 12.1 Å². The van der Waals surface area contributed by atoms with E-state index in [9.17, 15) is 10.2 Å². The fourth-order valence-corrected chi connectivity index (χ4v) is 2.41. The Morgan fingerprint density at radius 3 is 2.10 bits per heavy atom. The first-order valence-corrected chi connectivity index (χ1v) is 6.17. The van der Waals surface area contributed by atoms with Gasteiger partial charge >= 0.3 is 0 Å². The van der Waals surface area contributed by atoms with Crippen LogP contribution >= 0.6 is 0 Å². The molecular formula is C15H14O6. The largest absolute Gasteiger partial charge is 0.504 e. The summed E-state index contributed by atoms with van der Waals surface area (Å²) in [5.41, 5.74) is 0.931. The number of phenolic OH excluding ortho intramolecular Hbond substituents is 2. The summed E-state index contributed by atoms with van der Waals surface area (Å²) in [4.78, 5) is 0. The maximum absolute atomic E-state index is 10.0. The third-order valence-electron chi connectivity index (χ3n) is 3.36. The predicted molar refractivity (Wildman–Crippen MR) is 76.7 cm³/mol. The monoisotopic (exact) mass is 290 g/mol. The maximum Gasteiger partial charge on any atom is 0.208 e. The highest BCUT2D eigenvalue weighted by Gasteiger charge is 2.21. The van der Waals surface area contributed by atoms with Crippen molar-refractivity contribution in [2.24, 2.45) is 0 Å². The molecule has 2 N–H and O–H groups in total. The SMILES string of the molecule is COc1cc2oc3c(OC)c(OC)c(O)cc3c2cc1O. The Labute approximate surface area is 120 Å². The van der Waals surface area contributed by atoms with Gasteiger partial charge in [-0.15, -0.1) is 0 Å². The van der Waals surface area contributed by atoms with Gasteiger partial charge in [0.05, 0.1) is 21.3 Å². The number of ether oxygens (including phenoxy) is 3. The van der Waals surface area contributed by atoms with Crippen molar-refractivity contribution >= 4 is 21.9 Å². The minimum atomic E-state index is -0.0696. The van der Waals surface area contributed by atoms with Crippen LogP contribution in [0.1, 0.15) is 0 Å². The lowest BCUT2D eigenvalue weighted by Crippen LogP contribution is -1.91. The molecule has 0 unspecified atom stereocenters. The first-order valence-electron chi connectivity index (χ1n) is 6.17. The molecule has 1 aromatic heterocycles. The van der Waals surface area contributed by atoms with Crippen molar-refractivity contribution < 1.29 is 28.8 Å². The number of benzene rings is 2. The second-order valence-corrected chi connectivity index (χ2v) is 4.46. The number of hydrogen-bond donors (Lipinski definition) is 2. The second-order valence-electron chi connectivity index (χ2n) is 4.46. The fraction of sp³-hybridized carbons (Fsp3) is 0.200. The number of furan rings is 1. The zero-order valence-corrected chi connectivity index (χ0v) is 11.8. The summed E-state index contributed by atoms with van der Waals surface area (Å²) in [6.45, 7) is 0. The summed E-state index contributed by atoms with van der Waals surface area (Å²) in [6, 6.07) is 4.60. The first kappa shape index (κ1) is 13.2. The molecule has 21 heavy (non-hydrogen) atoms. The van der Waals surface area contributed by atoms with Gasteiger partial charge in [0.25, 0.3) is 0 Å². The predicted octanol–water partition coefficient (Wildman–Crippen LogP) is 3.02. The lowest BCUT2D eigenvalue weighted by Gasteiger charge is -2.09. The van der Waals surface area contributed by atoms with Gasteiger partial charge in [0.15, 0.2) is 22.8 Å². The molecule has 0 saturated carbocycles. The summed E-state index contributed by atoms with van der Waals surface area (Å²) in [7, 11) is 4.35. The van der Waals surface area contributed by atoms with Crippen LogP contribution in [0.2, 0.25) is 0 Å². The van der Waals surface area contributed by atoms with E-state index in [1.165, 1.54) is 33.5 Å². The highest BCUT2D eigenvalue weighted by Crippen LogP contribution is 2.47. The molecule has 0 bridgehead atoms. The van der Waals surface area contributed by atoms with Crippen molar-refractivity contribution in [1.29, 1.82) is 0 Å². The minimum Gasteiger partial charge on any atom is -0.504 e. The fourth-order valence-electron chi connectivity index (χ4n) is 2.41. The molecular weight excluding hydrogens is 276 g/mol. The van der Waals surface area contributed by atoms with Gasteiger partial charge in [-0.25, -0.2) is 0 Å². The molecule has 2 aromatic carbocycles. The molecule has 6 heteroatoms. The van der Waals surface area contributed by atoms with E-state index in [4.69, 9.17) is 18.6 Å². The van der Waals surface area contributed by atoms with E-state index in [0.29, 0.717) is 33.4 Å². The van der Waals surface area contributed by atoms with Gasteiger partial charge in [-0.1, -0.05) is 0 Å². The first-order chi connectivity index (χ1) is 10.1. The average molecular weight is 290 g/mol. The van der Waals surface area contributed by atoms with Gasteiger partial charge in [0.2, 0.25) is 11.5 Å². The van der Waals surface area contributed by atoms with Gasteiger partial charge in [0, 0.05) is 16.8 Å². The lowest BCUT2D eigenvalue weighted by molar-refractivity contribution is 0.333. The molecule has 0 radical (unpaired) electrons. The number of phenols is 2. The Kier molecular flexibility index (Phi) is 2.94. The standard InChI is InChI=1S/C15H14O6/c1-18-12-6-11-7(4-9(12)16)8-5-10(17)14(19-2)15(20-3)13(8)21-11/h4-6,16-17H,1-3H3. The van der Waals surface area contributed by atoms with Gasteiger partial charge in [-0.2, -0.15) is 0 Å². The van der Waals surface area contributed by atoms with Crippen molar-refractivity contribution in [3.63, 3.8) is 0 Å². The molecule has 110 valence electrons. The van der Waals surface area contributed by atoms with Crippen molar-refractivity contribution in [3.8, 4) is 28.7 Å². The molecule has 0 aliphatic rings. The highest BCUT2D eigenvalue weighted by atomic mass is 16.5. The molecule has 6 nitrogen and oxygen atoms in total. The molecule has 0 fully saturated rings. The smallest absolute Gasteiger partial charge is 0.208 e. The van der Waals surface area contributed by atoms with Crippen LogP contribution in [0.15, 0.2) is 22.6 Å². The van der Waals surface area contributed by atoms with E-state index >= 15 is 0 Å². The Bertz CT molecular complexity index is 833. The number of methoxy groups -OCH3 is 3. The lowest BCUT2D eigenvalue weighted by atomic mass is 10.1. The second kappa shape index (κ2) is 4.66. The summed E-state index contributed by atoms with van der Waals surface area (Å²) in [6.07, 6.45) is 0. The maximum atomic E-state index is 10.0. The third-order valence-corrected chi connectivity index (χ3v) is 3.36. The topological polar surface area (TPSA) is 81.3 Å². The Morgan fingerprint density at radius 2 is 1.48 bits per heavy atom. The summed E-state index contributed by atoms with van der Waals surface area (Å²) < 4.78 is 21.2. The molecule has 1 heterocycles. The molecule has 0 amide bonds. The van der Waals surface area contributed by atoms with Crippen LogP contribution in [-0.4, -0.2) is 31.5 Å². The van der Waals surface area contributed by atoms with Crippen LogP contribution in [-0.2, 0) is 0 Å². The molecule has 3 rings (SSSR count). The van der Waals surface area contributed by atoms with Crippen molar-refractivity contribution in [2.45, 2.75) is 0 Å². The molecule has 0 spiro atoms. The molecule has 0 aliphatic heterocycles. The zero-order valence-electron chi connectivity index (χ0n) is 11.8. The number of hydrogen-bond acceptors (Lipinski definition) is 6. The number of aromatic hydroxyl groups is 2. The van der Waals surface area contributed by atoms with Crippen LogP contribution in [0.3, 0.4) is 0 Å². The van der Waals surface area contributed by atoms with Crippen molar-refractivity contribution in [3.05, 3.63) is 18.2 Å². The average Bonchev–Trinajstić information content (AvgIpc) is 2.82. The van der Waals surface area contributed by atoms with E-state index < -0.39 is 0 Å². The summed E-state index contributed by atoms with van der Waals surface area (Å²) in [5, 5.41) is 21.2. The summed E-state index contributed by atoms with van der Waals surface area (Å²) in [5.74, 6) is 0.709.